The molecule has 1 rings (SSSR count). The fourth-order valence-electron chi connectivity index (χ4n) is 1.53. The van der Waals surface area contributed by atoms with E-state index in [2.05, 4.69) is 4.90 Å². The Kier molecular flexibility index (Phi) is 4.28. The Hall–Kier alpha value is -0.680. The fraction of sp³-hybridized carbons (Fsp3) is 0.778. The lowest BCUT2D eigenvalue weighted by atomic mass is 10.1. The zero-order valence-electron chi connectivity index (χ0n) is 8.48. The van der Waals surface area contributed by atoms with Gasteiger partial charge in [0.1, 0.15) is 0 Å². The van der Waals surface area contributed by atoms with E-state index >= 15 is 0 Å². The van der Waals surface area contributed by atoms with Crippen molar-refractivity contribution in [3.63, 3.8) is 0 Å². The molecule has 1 heterocycles. The normalized spacial score (nSPS) is 20.5. The van der Waals surface area contributed by atoms with Crippen LogP contribution in [0, 0.1) is 5.92 Å². The van der Waals surface area contributed by atoms with Gasteiger partial charge in [-0.25, -0.2) is 0 Å². The van der Waals surface area contributed by atoms with Crippen LogP contribution in [0.3, 0.4) is 0 Å². The molecular formula is C9H17N3OS. The van der Waals surface area contributed by atoms with Crippen LogP contribution in [0.1, 0.15) is 6.92 Å². The maximum absolute atomic E-state index is 10.5. The molecule has 1 fully saturated rings. The zero-order chi connectivity index (χ0) is 10.6. The lowest BCUT2D eigenvalue weighted by Gasteiger charge is -2.33. The summed E-state index contributed by atoms with van der Waals surface area (Å²) in [6, 6.07) is 0. The molecule has 1 saturated heterocycles. The van der Waals surface area contributed by atoms with E-state index in [0.717, 1.165) is 39.1 Å². The SMILES string of the molecule is CC(CN1CCN(C=O)CC1)C(N)=S. The second-order valence-electron chi connectivity index (χ2n) is 3.75. The molecule has 0 aromatic rings. The van der Waals surface area contributed by atoms with Gasteiger partial charge >= 0.3 is 0 Å². The van der Waals surface area contributed by atoms with Gasteiger partial charge in [0.25, 0.3) is 0 Å². The Labute approximate surface area is 90.0 Å². The molecule has 1 atom stereocenters. The molecule has 0 bridgehead atoms. The first-order valence-corrected chi connectivity index (χ1v) is 5.25. The number of thiocarbonyl (C=S) groups is 1. The molecule has 0 aromatic heterocycles. The van der Waals surface area contributed by atoms with Gasteiger partial charge in [-0.3, -0.25) is 9.69 Å². The third kappa shape index (κ3) is 3.23. The molecule has 1 aliphatic heterocycles. The molecule has 4 nitrogen and oxygen atoms in total. The van der Waals surface area contributed by atoms with E-state index in [0.29, 0.717) is 4.99 Å². The Morgan fingerprint density at radius 2 is 2.07 bits per heavy atom. The number of rotatable bonds is 4. The first kappa shape index (κ1) is 11.4. The van der Waals surface area contributed by atoms with Crippen molar-refractivity contribution in [1.29, 1.82) is 0 Å². The zero-order valence-corrected chi connectivity index (χ0v) is 9.30. The van der Waals surface area contributed by atoms with E-state index in [1.54, 1.807) is 4.90 Å². The summed E-state index contributed by atoms with van der Waals surface area (Å²) in [5.41, 5.74) is 5.54. The second kappa shape index (κ2) is 5.26. The van der Waals surface area contributed by atoms with Crippen LogP contribution < -0.4 is 5.73 Å². The molecule has 80 valence electrons. The summed E-state index contributed by atoms with van der Waals surface area (Å²) in [6.45, 7) is 6.41. The fourth-order valence-corrected chi connectivity index (χ4v) is 1.60. The summed E-state index contributed by atoms with van der Waals surface area (Å²) in [6.07, 6.45) is 0.911. The molecule has 1 unspecified atom stereocenters. The van der Waals surface area contributed by atoms with Gasteiger partial charge in [-0.15, -0.1) is 0 Å². The van der Waals surface area contributed by atoms with Crippen LogP contribution in [-0.2, 0) is 4.79 Å². The molecule has 0 radical (unpaired) electrons. The number of piperazine rings is 1. The minimum absolute atomic E-state index is 0.257. The van der Waals surface area contributed by atoms with Crippen molar-refractivity contribution in [3.05, 3.63) is 0 Å². The van der Waals surface area contributed by atoms with Gasteiger partial charge in [0.05, 0.1) is 4.99 Å². The third-order valence-electron chi connectivity index (χ3n) is 2.57. The summed E-state index contributed by atoms with van der Waals surface area (Å²) in [4.78, 5) is 15.1. The van der Waals surface area contributed by atoms with Gasteiger partial charge in [0.15, 0.2) is 0 Å². The number of carbonyl (C=O) groups excluding carboxylic acids is 1. The van der Waals surface area contributed by atoms with Crippen molar-refractivity contribution in [1.82, 2.24) is 9.80 Å². The maximum Gasteiger partial charge on any atom is 0.209 e. The summed E-state index contributed by atoms with van der Waals surface area (Å²) < 4.78 is 0. The molecule has 0 spiro atoms. The van der Waals surface area contributed by atoms with Crippen molar-refractivity contribution in [2.45, 2.75) is 6.92 Å². The summed E-state index contributed by atoms with van der Waals surface area (Å²) >= 11 is 4.92. The third-order valence-corrected chi connectivity index (χ3v) is 2.98. The van der Waals surface area contributed by atoms with Crippen molar-refractivity contribution < 1.29 is 4.79 Å². The minimum Gasteiger partial charge on any atom is -0.393 e. The van der Waals surface area contributed by atoms with Crippen molar-refractivity contribution in [3.8, 4) is 0 Å². The van der Waals surface area contributed by atoms with Crippen LogP contribution in [0.15, 0.2) is 0 Å². The van der Waals surface area contributed by atoms with E-state index in [1.165, 1.54) is 0 Å². The topological polar surface area (TPSA) is 49.6 Å². The lowest BCUT2D eigenvalue weighted by molar-refractivity contribution is -0.119. The van der Waals surface area contributed by atoms with Crippen molar-refractivity contribution >= 4 is 23.6 Å². The molecule has 0 saturated carbocycles. The second-order valence-corrected chi connectivity index (χ2v) is 4.22. The Morgan fingerprint density at radius 1 is 1.50 bits per heavy atom. The number of nitrogens with zero attached hydrogens (tertiary/aromatic N) is 2. The van der Waals surface area contributed by atoms with Crippen LogP contribution in [0.4, 0.5) is 0 Å². The number of hydrogen-bond acceptors (Lipinski definition) is 3. The van der Waals surface area contributed by atoms with Crippen LogP contribution in [0.5, 0.6) is 0 Å². The van der Waals surface area contributed by atoms with Gasteiger partial charge in [-0.05, 0) is 0 Å². The molecule has 14 heavy (non-hydrogen) atoms. The first-order chi connectivity index (χ1) is 6.63. The summed E-state index contributed by atoms with van der Waals surface area (Å²) in [5, 5.41) is 0. The highest BCUT2D eigenvalue weighted by Gasteiger charge is 2.17. The van der Waals surface area contributed by atoms with E-state index in [4.69, 9.17) is 18.0 Å². The smallest absolute Gasteiger partial charge is 0.209 e. The summed E-state index contributed by atoms with van der Waals surface area (Å²) in [7, 11) is 0. The average molecular weight is 215 g/mol. The quantitative estimate of drug-likeness (QED) is 0.516. The average Bonchev–Trinajstić information content (AvgIpc) is 2.19. The highest BCUT2D eigenvalue weighted by molar-refractivity contribution is 7.80. The van der Waals surface area contributed by atoms with Gasteiger partial charge in [0.2, 0.25) is 6.41 Å². The number of carbonyl (C=O) groups is 1. The molecule has 0 aliphatic carbocycles. The van der Waals surface area contributed by atoms with Gasteiger partial charge in [-0.2, -0.15) is 0 Å². The maximum atomic E-state index is 10.5. The Bertz CT molecular complexity index is 214. The molecular weight excluding hydrogens is 198 g/mol. The predicted octanol–water partition coefficient (Wildman–Crippen LogP) is -0.317. The molecule has 0 aromatic carbocycles. The molecule has 5 heteroatoms. The highest BCUT2D eigenvalue weighted by Crippen LogP contribution is 2.04. The van der Waals surface area contributed by atoms with Crippen molar-refractivity contribution in [2.24, 2.45) is 11.7 Å². The molecule has 2 N–H and O–H groups in total. The van der Waals surface area contributed by atoms with Crippen LogP contribution in [0.25, 0.3) is 0 Å². The predicted molar refractivity (Wildman–Crippen MR) is 60.0 cm³/mol. The monoisotopic (exact) mass is 215 g/mol. The number of nitrogens with two attached hydrogens (primary N) is 1. The Morgan fingerprint density at radius 3 is 2.50 bits per heavy atom. The lowest BCUT2D eigenvalue weighted by Crippen LogP contribution is -2.47. The van der Waals surface area contributed by atoms with Crippen molar-refractivity contribution in [2.75, 3.05) is 32.7 Å². The largest absolute Gasteiger partial charge is 0.393 e. The summed E-state index contributed by atoms with van der Waals surface area (Å²) in [5.74, 6) is 0.257. The van der Waals surface area contributed by atoms with Gasteiger partial charge in [-0.1, -0.05) is 19.1 Å². The molecule has 1 aliphatic rings. The van der Waals surface area contributed by atoms with E-state index < -0.39 is 0 Å². The standard InChI is InChI=1S/C9H17N3OS/c1-8(9(10)14)6-11-2-4-12(7-13)5-3-11/h7-8H,2-6H2,1H3,(H2,10,14). The highest BCUT2D eigenvalue weighted by atomic mass is 32.1. The van der Waals surface area contributed by atoms with Crippen LogP contribution in [-0.4, -0.2) is 53.9 Å². The van der Waals surface area contributed by atoms with Crippen LogP contribution >= 0.6 is 12.2 Å². The van der Waals surface area contributed by atoms with E-state index in [-0.39, 0.29) is 5.92 Å². The van der Waals surface area contributed by atoms with E-state index in [9.17, 15) is 4.79 Å². The minimum atomic E-state index is 0.257. The van der Waals surface area contributed by atoms with Gasteiger partial charge < -0.3 is 10.6 Å². The van der Waals surface area contributed by atoms with E-state index in [1.807, 2.05) is 6.92 Å². The number of amides is 1. The Balaban J connectivity index is 2.28. The van der Waals surface area contributed by atoms with Gasteiger partial charge in [0, 0.05) is 38.6 Å². The van der Waals surface area contributed by atoms with Crippen LogP contribution in [0.2, 0.25) is 0 Å². The molecule has 1 amide bonds. The first-order valence-electron chi connectivity index (χ1n) is 4.84. The number of hydrogen-bond donors (Lipinski definition) is 1.